The second-order valence-electron chi connectivity index (χ2n) is 8.34. The molecule has 8 heteroatoms. The van der Waals surface area contributed by atoms with Gasteiger partial charge in [-0.25, -0.2) is 8.42 Å². The Morgan fingerprint density at radius 2 is 1.78 bits per heavy atom. The van der Waals surface area contributed by atoms with Crippen molar-refractivity contribution in [1.29, 1.82) is 0 Å². The van der Waals surface area contributed by atoms with E-state index in [1.807, 2.05) is 69.8 Å². The van der Waals surface area contributed by atoms with E-state index in [0.29, 0.717) is 48.7 Å². The Bertz CT molecular complexity index is 991. The Morgan fingerprint density at radius 1 is 1.12 bits per heavy atom. The van der Waals surface area contributed by atoms with Crippen LogP contribution in [0.4, 0.5) is 0 Å². The highest BCUT2D eigenvalue weighted by Gasteiger charge is 2.30. The van der Waals surface area contributed by atoms with Crippen LogP contribution in [0.3, 0.4) is 0 Å². The summed E-state index contributed by atoms with van der Waals surface area (Å²) in [6, 6.07) is 7.63. The Kier molecular flexibility index (Phi) is 9.48. The van der Waals surface area contributed by atoms with E-state index in [1.165, 1.54) is 4.31 Å². The lowest BCUT2D eigenvalue weighted by Gasteiger charge is -2.28. The minimum atomic E-state index is -3.82. The van der Waals surface area contributed by atoms with Gasteiger partial charge in [-0.2, -0.15) is 4.31 Å². The third kappa shape index (κ3) is 6.43. The number of aryl methyl sites for hydroxylation is 4. The Hall–Kier alpha value is -2.16. The number of aromatic nitrogens is 1. The van der Waals surface area contributed by atoms with Gasteiger partial charge in [0, 0.05) is 39.1 Å². The molecular formula is C24H37N3O4S. The number of carbonyl (C=O) groups is 1. The predicted molar refractivity (Wildman–Crippen MR) is 127 cm³/mol. The molecule has 0 unspecified atom stereocenters. The van der Waals surface area contributed by atoms with E-state index in [0.717, 1.165) is 17.7 Å². The van der Waals surface area contributed by atoms with Gasteiger partial charge in [0.15, 0.2) is 0 Å². The van der Waals surface area contributed by atoms with Crippen molar-refractivity contribution in [2.75, 3.05) is 33.4 Å². The highest BCUT2D eigenvalue weighted by molar-refractivity contribution is 7.89. The molecule has 0 bridgehead atoms. The second kappa shape index (κ2) is 11.6. The van der Waals surface area contributed by atoms with Gasteiger partial charge in [-0.1, -0.05) is 31.0 Å². The van der Waals surface area contributed by atoms with Gasteiger partial charge >= 0.3 is 0 Å². The van der Waals surface area contributed by atoms with Crippen LogP contribution >= 0.6 is 0 Å². The summed E-state index contributed by atoms with van der Waals surface area (Å²) in [6.45, 7) is 8.87. The molecule has 0 saturated carbocycles. The fraction of sp³-hybridized carbons (Fsp3) is 0.542. The molecule has 32 heavy (non-hydrogen) atoms. The Labute approximate surface area is 193 Å². The topological polar surface area (TPSA) is 71.8 Å². The number of methoxy groups -OCH3 is 1. The van der Waals surface area contributed by atoms with E-state index in [9.17, 15) is 13.2 Å². The van der Waals surface area contributed by atoms with Gasteiger partial charge in [-0.05, 0) is 50.5 Å². The van der Waals surface area contributed by atoms with Crippen LogP contribution in [0.1, 0.15) is 42.1 Å². The molecule has 1 amide bonds. The number of sulfonamides is 1. The van der Waals surface area contributed by atoms with Crippen molar-refractivity contribution in [3.05, 3.63) is 52.8 Å². The van der Waals surface area contributed by atoms with Gasteiger partial charge in [0.1, 0.15) is 0 Å². The molecule has 0 aliphatic rings. The predicted octanol–water partition coefficient (Wildman–Crippen LogP) is 3.42. The van der Waals surface area contributed by atoms with Gasteiger partial charge in [-0.15, -0.1) is 0 Å². The highest BCUT2D eigenvalue weighted by atomic mass is 32.2. The van der Waals surface area contributed by atoms with Crippen LogP contribution in [-0.4, -0.2) is 61.4 Å². The molecule has 0 radical (unpaired) electrons. The molecule has 1 heterocycles. The smallest absolute Gasteiger partial charge is 0.244 e. The number of nitrogens with zero attached hydrogens (tertiary/aromatic N) is 3. The van der Waals surface area contributed by atoms with Crippen molar-refractivity contribution in [3.63, 3.8) is 0 Å². The number of amides is 1. The minimum absolute atomic E-state index is 0.191. The SMILES string of the molecule is CCCCN(CC(=O)N(CCOC)Cc1cccn1C)S(=O)(=O)c1c(C)cc(C)cc1C. The maximum absolute atomic E-state index is 13.7. The molecule has 0 N–H and O–H groups in total. The van der Waals surface area contributed by atoms with E-state index >= 15 is 0 Å². The van der Waals surface area contributed by atoms with Gasteiger partial charge in [0.2, 0.25) is 15.9 Å². The van der Waals surface area contributed by atoms with Crippen LogP contribution < -0.4 is 0 Å². The molecule has 0 aliphatic heterocycles. The fourth-order valence-electron chi connectivity index (χ4n) is 3.92. The summed E-state index contributed by atoms with van der Waals surface area (Å²) in [6.07, 6.45) is 3.45. The highest BCUT2D eigenvalue weighted by Crippen LogP contribution is 2.26. The first-order valence-electron chi connectivity index (χ1n) is 11.1. The van der Waals surface area contributed by atoms with Crippen molar-refractivity contribution < 1.29 is 17.9 Å². The quantitative estimate of drug-likeness (QED) is 0.484. The average Bonchev–Trinajstić information content (AvgIpc) is 3.11. The van der Waals surface area contributed by atoms with Crippen LogP contribution in [0.2, 0.25) is 0 Å². The molecule has 0 saturated heterocycles. The summed E-state index contributed by atoms with van der Waals surface area (Å²) in [5.41, 5.74) is 3.40. The van der Waals surface area contributed by atoms with Crippen molar-refractivity contribution >= 4 is 15.9 Å². The van der Waals surface area contributed by atoms with Crippen molar-refractivity contribution in [2.45, 2.75) is 52.0 Å². The van der Waals surface area contributed by atoms with Gasteiger partial charge in [-0.3, -0.25) is 4.79 Å². The zero-order valence-corrected chi connectivity index (χ0v) is 21.0. The van der Waals surface area contributed by atoms with Gasteiger partial charge < -0.3 is 14.2 Å². The van der Waals surface area contributed by atoms with E-state index in [1.54, 1.807) is 12.0 Å². The molecule has 2 aromatic rings. The zero-order valence-electron chi connectivity index (χ0n) is 20.2. The number of hydrogen-bond donors (Lipinski definition) is 0. The number of benzene rings is 1. The molecule has 2 rings (SSSR count). The lowest BCUT2D eigenvalue weighted by atomic mass is 10.1. The number of carbonyl (C=O) groups excluding carboxylic acids is 1. The summed E-state index contributed by atoms with van der Waals surface area (Å²) >= 11 is 0. The van der Waals surface area contributed by atoms with Gasteiger partial charge in [0.05, 0.1) is 24.6 Å². The van der Waals surface area contributed by atoms with Crippen molar-refractivity contribution in [3.8, 4) is 0 Å². The average molecular weight is 464 g/mol. The summed E-state index contributed by atoms with van der Waals surface area (Å²) in [5.74, 6) is -0.231. The summed E-state index contributed by atoms with van der Waals surface area (Å²) in [4.78, 5) is 15.3. The normalized spacial score (nSPS) is 11.8. The van der Waals surface area contributed by atoms with E-state index in [-0.39, 0.29) is 12.5 Å². The first-order chi connectivity index (χ1) is 15.1. The van der Waals surface area contributed by atoms with E-state index in [2.05, 4.69) is 0 Å². The minimum Gasteiger partial charge on any atom is -0.383 e. The largest absolute Gasteiger partial charge is 0.383 e. The number of ether oxygens (including phenoxy) is 1. The molecule has 178 valence electrons. The molecule has 0 spiro atoms. The third-order valence-corrected chi connectivity index (χ3v) is 7.75. The number of hydrogen-bond acceptors (Lipinski definition) is 4. The zero-order chi connectivity index (χ0) is 23.9. The molecule has 0 atom stereocenters. The molecule has 0 aliphatic carbocycles. The first-order valence-corrected chi connectivity index (χ1v) is 12.5. The molecule has 1 aromatic heterocycles. The van der Waals surface area contributed by atoms with Crippen LogP contribution in [0.5, 0.6) is 0 Å². The monoisotopic (exact) mass is 463 g/mol. The lowest BCUT2D eigenvalue weighted by molar-refractivity contribution is -0.132. The maximum Gasteiger partial charge on any atom is 0.244 e. The standard InChI is InChI=1S/C24H37N3O4S/c1-7-8-12-27(32(29,30)24-20(3)15-19(2)16-21(24)4)18-23(28)26(13-14-31-6)17-22-10-9-11-25(22)5/h9-11,15-16H,7-8,12-14,17-18H2,1-6H3. The van der Waals surface area contributed by atoms with Crippen molar-refractivity contribution in [2.24, 2.45) is 7.05 Å². The second-order valence-corrected chi connectivity index (χ2v) is 10.2. The van der Waals surface area contributed by atoms with E-state index in [4.69, 9.17) is 4.74 Å². The molecular weight excluding hydrogens is 426 g/mol. The summed E-state index contributed by atoms with van der Waals surface area (Å²) < 4.78 is 35.8. The lowest BCUT2D eigenvalue weighted by Crippen LogP contribution is -2.44. The van der Waals surface area contributed by atoms with Crippen LogP contribution in [0.15, 0.2) is 35.4 Å². The third-order valence-electron chi connectivity index (χ3n) is 5.60. The summed E-state index contributed by atoms with van der Waals surface area (Å²) in [5, 5.41) is 0. The van der Waals surface area contributed by atoms with Crippen LogP contribution in [0.25, 0.3) is 0 Å². The van der Waals surface area contributed by atoms with Crippen LogP contribution in [-0.2, 0) is 33.1 Å². The molecule has 0 fully saturated rings. The van der Waals surface area contributed by atoms with Crippen molar-refractivity contribution in [1.82, 2.24) is 13.8 Å². The van der Waals surface area contributed by atoms with E-state index < -0.39 is 10.0 Å². The van der Waals surface area contributed by atoms with Gasteiger partial charge in [0.25, 0.3) is 0 Å². The molecule has 7 nitrogen and oxygen atoms in total. The number of unbranched alkanes of at least 4 members (excludes halogenated alkanes) is 1. The fourth-order valence-corrected chi connectivity index (χ4v) is 5.76. The van der Waals surface area contributed by atoms with Crippen LogP contribution in [0, 0.1) is 20.8 Å². The molecule has 1 aromatic carbocycles. The maximum atomic E-state index is 13.7. The first kappa shape index (κ1) is 26.1. The Balaban J connectivity index is 2.35. The number of rotatable bonds is 12. The Morgan fingerprint density at radius 3 is 2.31 bits per heavy atom. The summed E-state index contributed by atoms with van der Waals surface area (Å²) in [7, 11) is -0.306.